The molecular weight excluding hydrogens is 260 g/mol. The topological polar surface area (TPSA) is 90.6 Å². The third-order valence-electron chi connectivity index (χ3n) is 3.19. The second kappa shape index (κ2) is 6.43. The highest BCUT2D eigenvalue weighted by atomic mass is 16.6. The van der Waals surface area contributed by atoms with E-state index in [4.69, 9.17) is 15.2 Å². The third-order valence-corrected chi connectivity index (χ3v) is 3.19. The lowest BCUT2D eigenvalue weighted by Gasteiger charge is -2.36. The Balaban J connectivity index is 2.57. The second-order valence-corrected chi connectivity index (χ2v) is 6.32. The van der Waals surface area contributed by atoms with Gasteiger partial charge in [-0.15, -0.1) is 0 Å². The molecule has 6 nitrogen and oxygen atoms in total. The number of nitrogens with two attached hydrogens (primary N) is 1. The van der Waals surface area contributed by atoms with Gasteiger partial charge in [0.25, 0.3) is 0 Å². The number of ether oxygens (including phenoxy) is 2. The van der Waals surface area contributed by atoms with Crippen LogP contribution in [0.4, 0.5) is 4.79 Å². The molecule has 1 aliphatic carbocycles. The van der Waals surface area contributed by atoms with Crippen molar-refractivity contribution in [3.05, 3.63) is 0 Å². The fourth-order valence-electron chi connectivity index (χ4n) is 2.37. The number of hydrogen-bond donors (Lipinski definition) is 2. The lowest BCUT2D eigenvalue weighted by Crippen LogP contribution is -2.56. The van der Waals surface area contributed by atoms with Crippen molar-refractivity contribution >= 4 is 12.1 Å². The Morgan fingerprint density at radius 3 is 2.60 bits per heavy atom. The van der Waals surface area contributed by atoms with Crippen LogP contribution in [0.15, 0.2) is 0 Å². The molecule has 0 aromatic heterocycles. The molecule has 3 N–H and O–H groups in total. The lowest BCUT2D eigenvalue weighted by atomic mass is 9.80. The first-order valence-corrected chi connectivity index (χ1v) is 7.12. The predicted octanol–water partition coefficient (Wildman–Crippen LogP) is 1.71. The molecular formula is C14H26N2O4. The number of esters is 1. The van der Waals surface area contributed by atoms with Crippen LogP contribution in [0.1, 0.15) is 53.4 Å². The number of amides is 1. The van der Waals surface area contributed by atoms with E-state index in [9.17, 15) is 9.59 Å². The Kier molecular flexibility index (Phi) is 5.39. The van der Waals surface area contributed by atoms with E-state index in [0.29, 0.717) is 19.4 Å². The van der Waals surface area contributed by atoms with Crippen LogP contribution in [0, 0.1) is 0 Å². The Bertz CT molecular complexity index is 365. The van der Waals surface area contributed by atoms with Crippen LogP contribution in [0.3, 0.4) is 0 Å². The van der Waals surface area contributed by atoms with E-state index in [1.54, 1.807) is 27.7 Å². The summed E-state index contributed by atoms with van der Waals surface area (Å²) in [5.41, 5.74) is 4.57. The molecule has 2 unspecified atom stereocenters. The first-order valence-electron chi connectivity index (χ1n) is 7.12. The molecule has 0 aromatic rings. The van der Waals surface area contributed by atoms with E-state index in [0.717, 1.165) is 12.8 Å². The fraction of sp³-hybridized carbons (Fsp3) is 0.857. The van der Waals surface area contributed by atoms with Crippen LogP contribution in [0.5, 0.6) is 0 Å². The smallest absolute Gasteiger partial charge is 0.407 e. The summed E-state index contributed by atoms with van der Waals surface area (Å²) >= 11 is 0. The molecule has 1 saturated carbocycles. The van der Waals surface area contributed by atoms with Crippen LogP contribution in [0.25, 0.3) is 0 Å². The van der Waals surface area contributed by atoms with Crippen LogP contribution < -0.4 is 11.1 Å². The van der Waals surface area contributed by atoms with Gasteiger partial charge in [0.15, 0.2) is 0 Å². The minimum absolute atomic E-state index is 0.159. The van der Waals surface area contributed by atoms with Crippen LogP contribution >= 0.6 is 0 Å². The lowest BCUT2D eigenvalue weighted by molar-refractivity contribution is -0.151. The van der Waals surface area contributed by atoms with E-state index in [2.05, 4.69) is 5.32 Å². The highest BCUT2D eigenvalue weighted by Gasteiger charge is 2.41. The summed E-state index contributed by atoms with van der Waals surface area (Å²) < 4.78 is 10.2. The van der Waals surface area contributed by atoms with Gasteiger partial charge in [0.1, 0.15) is 11.1 Å². The van der Waals surface area contributed by atoms with Crippen molar-refractivity contribution in [2.75, 3.05) is 6.61 Å². The normalized spacial score (nSPS) is 26.8. The maximum absolute atomic E-state index is 11.9. The van der Waals surface area contributed by atoms with Crippen molar-refractivity contribution in [2.24, 2.45) is 5.73 Å². The second-order valence-electron chi connectivity index (χ2n) is 6.32. The summed E-state index contributed by atoms with van der Waals surface area (Å²) in [4.78, 5) is 23.6. The zero-order valence-corrected chi connectivity index (χ0v) is 12.8. The summed E-state index contributed by atoms with van der Waals surface area (Å²) in [5, 5.41) is 2.78. The molecule has 0 saturated heterocycles. The maximum atomic E-state index is 11.9. The maximum Gasteiger partial charge on any atom is 0.407 e. The van der Waals surface area contributed by atoms with Gasteiger partial charge in [0.05, 0.1) is 6.61 Å². The Morgan fingerprint density at radius 1 is 1.40 bits per heavy atom. The van der Waals surface area contributed by atoms with E-state index in [-0.39, 0.29) is 6.04 Å². The van der Waals surface area contributed by atoms with Crippen molar-refractivity contribution in [1.29, 1.82) is 0 Å². The van der Waals surface area contributed by atoms with Crippen molar-refractivity contribution in [3.63, 3.8) is 0 Å². The minimum Gasteiger partial charge on any atom is -0.465 e. The summed E-state index contributed by atoms with van der Waals surface area (Å²) in [5.74, 6) is -0.393. The Labute approximate surface area is 120 Å². The monoisotopic (exact) mass is 286 g/mol. The zero-order valence-electron chi connectivity index (χ0n) is 12.8. The molecule has 0 bridgehead atoms. The van der Waals surface area contributed by atoms with E-state index in [1.807, 2.05) is 0 Å². The van der Waals surface area contributed by atoms with Crippen LogP contribution in [-0.4, -0.2) is 35.9 Å². The molecule has 0 aromatic carbocycles. The molecule has 1 fully saturated rings. The van der Waals surface area contributed by atoms with Gasteiger partial charge in [-0.1, -0.05) is 0 Å². The van der Waals surface area contributed by atoms with E-state index in [1.165, 1.54) is 0 Å². The Morgan fingerprint density at radius 2 is 2.05 bits per heavy atom. The predicted molar refractivity (Wildman–Crippen MR) is 75.2 cm³/mol. The van der Waals surface area contributed by atoms with E-state index >= 15 is 0 Å². The van der Waals surface area contributed by atoms with Gasteiger partial charge in [-0.25, -0.2) is 4.79 Å². The van der Waals surface area contributed by atoms with Crippen LogP contribution in [-0.2, 0) is 14.3 Å². The van der Waals surface area contributed by atoms with Crippen molar-refractivity contribution in [1.82, 2.24) is 5.32 Å². The molecule has 0 spiro atoms. The van der Waals surface area contributed by atoms with Gasteiger partial charge in [-0.05, 0) is 53.4 Å². The fourth-order valence-corrected chi connectivity index (χ4v) is 2.37. The zero-order chi connectivity index (χ0) is 15.4. The van der Waals surface area contributed by atoms with Crippen molar-refractivity contribution < 1.29 is 19.1 Å². The molecule has 6 heteroatoms. The number of hydrogen-bond acceptors (Lipinski definition) is 5. The van der Waals surface area contributed by atoms with Gasteiger partial charge in [-0.3, -0.25) is 4.79 Å². The van der Waals surface area contributed by atoms with Gasteiger partial charge >= 0.3 is 12.1 Å². The first-order chi connectivity index (χ1) is 9.16. The van der Waals surface area contributed by atoms with Gasteiger partial charge < -0.3 is 20.5 Å². The van der Waals surface area contributed by atoms with Crippen LogP contribution in [0.2, 0.25) is 0 Å². The van der Waals surface area contributed by atoms with Crippen molar-refractivity contribution in [2.45, 2.75) is 70.6 Å². The van der Waals surface area contributed by atoms with Gasteiger partial charge in [0.2, 0.25) is 0 Å². The minimum atomic E-state index is -1.01. The first kappa shape index (κ1) is 16.8. The largest absolute Gasteiger partial charge is 0.465 e. The molecule has 1 rings (SSSR count). The summed E-state index contributed by atoms with van der Waals surface area (Å²) in [6.45, 7) is 7.47. The molecule has 0 heterocycles. The van der Waals surface area contributed by atoms with Crippen molar-refractivity contribution in [3.8, 4) is 0 Å². The number of rotatable bonds is 3. The number of alkyl carbamates (subject to hydrolysis) is 1. The standard InChI is InChI=1S/C14H26N2O4/c1-5-19-11(17)14(15)8-6-7-10(9-14)16-12(18)20-13(2,3)4/h10H,5-9,15H2,1-4H3,(H,16,18). The third kappa shape index (κ3) is 5.00. The molecule has 1 amide bonds. The number of carbonyl (C=O) groups is 2. The summed E-state index contributed by atoms with van der Waals surface area (Å²) in [7, 11) is 0. The average molecular weight is 286 g/mol. The SMILES string of the molecule is CCOC(=O)C1(N)CCCC(NC(=O)OC(C)(C)C)C1. The molecule has 20 heavy (non-hydrogen) atoms. The molecule has 0 aliphatic heterocycles. The summed E-state index contributed by atoms with van der Waals surface area (Å²) in [6, 6.07) is -0.159. The van der Waals surface area contributed by atoms with E-state index < -0.39 is 23.2 Å². The number of carbonyl (C=O) groups excluding carboxylic acids is 2. The molecule has 1 aliphatic rings. The number of nitrogens with one attached hydrogen (secondary N) is 1. The Hall–Kier alpha value is -1.30. The molecule has 0 radical (unpaired) electrons. The molecule has 2 atom stereocenters. The quantitative estimate of drug-likeness (QED) is 0.771. The molecule has 116 valence electrons. The average Bonchev–Trinajstić information content (AvgIpc) is 2.26. The highest BCUT2D eigenvalue weighted by molar-refractivity contribution is 5.81. The van der Waals surface area contributed by atoms with Gasteiger partial charge in [-0.2, -0.15) is 0 Å². The summed E-state index contributed by atoms with van der Waals surface area (Å²) in [6.07, 6.45) is 2.05. The highest BCUT2D eigenvalue weighted by Crippen LogP contribution is 2.27. The van der Waals surface area contributed by atoms with Gasteiger partial charge in [0, 0.05) is 6.04 Å².